The van der Waals surface area contributed by atoms with Crippen LogP contribution in [0.5, 0.6) is 0 Å². The van der Waals surface area contributed by atoms with Gasteiger partial charge < -0.3 is 14.5 Å². The summed E-state index contributed by atoms with van der Waals surface area (Å²) in [4.78, 5) is 11.3. The Morgan fingerprint density at radius 2 is 1.70 bits per heavy atom. The molecule has 1 aromatic heterocycles. The first-order valence-electron chi connectivity index (χ1n) is 8.22. The second kappa shape index (κ2) is 8.82. The Kier molecular flexibility index (Phi) is 6.90. The SMILES string of the molecule is CC(Sc1cc2ccccc2n1-c1ccc(Br)c2ccccc12)C(=O)[O-].[K+]. The van der Waals surface area contributed by atoms with Gasteiger partial charge in [-0.3, -0.25) is 0 Å². The number of halogens is 1. The third-order valence-electron chi connectivity index (χ3n) is 4.40. The number of carbonyl (C=O) groups is 1. The molecule has 0 aliphatic rings. The minimum absolute atomic E-state index is 0. The van der Waals surface area contributed by atoms with Crippen molar-refractivity contribution in [2.45, 2.75) is 17.2 Å². The summed E-state index contributed by atoms with van der Waals surface area (Å²) in [6.45, 7) is 1.65. The summed E-state index contributed by atoms with van der Waals surface area (Å²) in [5.74, 6) is -1.06. The van der Waals surface area contributed by atoms with Crippen LogP contribution in [0.15, 0.2) is 76.2 Å². The zero-order valence-corrected chi connectivity index (χ0v) is 20.5. The fourth-order valence-corrected chi connectivity index (χ4v) is 4.57. The molecule has 0 fully saturated rings. The molecule has 3 aromatic carbocycles. The first-order chi connectivity index (χ1) is 12.6. The molecule has 130 valence electrons. The van der Waals surface area contributed by atoms with Crippen molar-refractivity contribution in [1.82, 2.24) is 4.57 Å². The van der Waals surface area contributed by atoms with Gasteiger partial charge in [-0.25, -0.2) is 0 Å². The number of hydrogen-bond acceptors (Lipinski definition) is 3. The monoisotopic (exact) mass is 463 g/mol. The molecule has 3 nitrogen and oxygen atoms in total. The summed E-state index contributed by atoms with van der Waals surface area (Å²) in [7, 11) is 0. The minimum Gasteiger partial charge on any atom is -0.549 e. The maximum absolute atomic E-state index is 11.3. The summed E-state index contributed by atoms with van der Waals surface area (Å²) in [5.41, 5.74) is 2.08. The molecule has 0 radical (unpaired) electrons. The van der Waals surface area contributed by atoms with E-state index in [1.165, 1.54) is 11.8 Å². The fourth-order valence-electron chi connectivity index (χ4n) is 3.14. The average molecular weight is 464 g/mol. The van der Waals surface area contributed by atoms with E-state index in [2.05, 4.69) is 44.8 Å². The second-order valence-corrected chi connectivity index (χ2v) is 8.28. The number of fused-ring (bicyclic) bond motifs is 2. The molecule has 0 aliphatic carbocycles. The molecule has 0 aliphatic heterocycles. The number of para-hydroxylation sites is 1. The second-order valence-electron chi connectivity index (χ2n) is 6.07. The number of aliphatic carboxylic acids is 1. The molecule has 0 amide bonds. The zero-order valence-electron chi connectivity index (χ0n) is 15.0. The van der Waals surface area contributed by atoms with E-state index < -0.39 is 11.2 Å². The summed E-state index contributed by atoms with van der Waals surface area (Å²) in [6.07, 6.45) is 0. The number of hydrogen-bond donors (Lipinski definition) is 0. The smallest absolute Gasteiger partial charge is 0.549 e. The van der Waals surface area contributed by atoms with Crippen LogP contribution in [-0.2, 0) is 4.79 Å². The number of nitrogens with zero attached hydrogens (tertiary/aromatic N) is 1. The molecule has 0 bridgehead atoms. The van der Waals surface area contributed by atoms with Gasteiger partial charge in [0.15, 0.2) is 0 Å². The standard InChI is InChI=1S/C21H16BrNO2S.K/c1-13(21(24)25)26-20-12-14-6-2-5-9-18(14)23(20)19-11-10-17(22)15-7-3-4-8-16(15)19;/h2-13H,1H3,(H,24,25);/q;+1/p-1. The molecule has 0 saturated heterocycles. The van der Waals surface area contributed by atoms with Gasteiger partial charge in [0, 0.05) is 20.5 Å². The van der Waals surface area contributed by atoms with E-state index in [4.69, 9.17) is 0 Å². The van der Waals surface area contributed by atoms with E-state index in [1.54, 1.807) is 6.92 Å². The van der Waals surface area contributed by atoms with Gasteiger partial charge in [0.2, 0.25) is 0 Å². The molecule has 27 heavy (non-hydrogen) atoms. The van der Waals surface area contributed by atoms with Crippen LogP contribution in [0.4, 0.5) is 0 Å². The Balaban J connectivity index is 0.00000210. The molecular formula is C21H15BrKNO2S. The maximum atomic E-state index is 11.3. The summed E-state index contributed by atoms with van der Waals surface area (Å²) in [5, 5.41) is 14.8. The van der Waals surface area contributed by atoms with Gasteiger partial charge in [0.05, 0.1) is 22.2 Å². The van der Waals surface area contributed by atoms with E-state index >= 15 is 0 Å². The number of thioether (sulfide) groups is 1. The van der Waals surface area contributed by atoms with Gasteiger partial charge in [-0.1, -0.05) is 70.2 Å². The van der Waals surface area contributed by atoms with Gasteiger partial charge in [0.25, 0.3) is 0 Å². The van der Waals surface area contributed by atoms with Crippen molar-refractivity contribution in [1.29, 1.82) is 0 Å². The minimum atomic E-state index is -1.06. The summed E-state index contributed by atoms with van der Waals surface area (Å²) >= 11 is 4.92. The molecule has 4 aromatic rings. The van der Waals surface area contributed by atoms with Crippen molar-refractivity contribution in [3.63, 3.8) is 0 Å². The zero-order chi connectivity index (χ0) is 18.3. The molecule has 4 rings (SSSR count). The third kappa shape index (κ3) is 4.08. The molecular weight excluding hydrogens is 449 g/mol. The molecule has 0 spiro atoms. The topological polar surface area (TPSA) is 45.1 Å². The predicted molar refractivity (Wildman–Crippen MR) is 109 cm³/mol. The molecule has 1 unspecified atom stereocenters. The third-order valence-corrected chi connectivity index (χ3v) is 6.17. The van der Waals surface area contributed by atoms with Crippen LogP contribution >= 0.6 is 27.7 Å². The summed E-state index contributed by atoms with van der Waals surface area (Å²) < 4.78 is 3.17. The van der Waals surface area contributed by atoms with E-state index in [9.17, 15) is 9.90 Å². The van der Waals surface area contributed by atoms with Crippen LogP contribution in [-0.4, -0.2) is 15.8 Å². The van der Waals surface area contributed by atoms with Crippen LogP contribution < -0.4 is 56.5 Å². The van der Waals surface area contributed by atoms with Gasteiger partial charge in [-0.05, 0) is 36.6 Å². The van der Waals surface area contributed by atoms with Crippen LogP contribution in [0, 0.1) is 0 Å². The van der Waals surface area contributed by atoms with Gasteiger partial charge >= 0.3 is 51.4 Å². The van der Waals surface area contributed by atoms with Crippen LogP contribution in [0.25, 0.3) is 27.4 Å². The maximum Gasteiger partial charge on any atom is 1.00 e. The van der Waals surface area contributed by atoms with Gasteiger partial charge in [0.1, 0.15) is 0 Å². The van der Waals surface area contributed by atoms with Crippen molar-refractivity contribution in [3.05, 3.63) is 71.2 Å². The fraction of sp³-hybridized carbons (Fsp3) is 0.0952. The number of carbonyl (C=O) groups excluding carboxylic acids is 1. The molecule has 1 heterocycles. The van der Waals surface area contributed by atoms with E-state index in [-0.39, 0.29) is 51.4 Å². The van der Waals surface area contributed by atoms with E-state index in [0.29, 0.717) is 0 Å². The molecule has 0 saturated carbocycles. The Hall–Kier alpha value is -0.604. The van der Waals surface area contributed by atoms with Crippen molar-refractivity contribution < 1.29 is 61.3 Å². The number of carboxylic acid groups (broad SMARTS) is 1. The molecule has 1 atom stereocenters. The van der Waals surface area contributed by atoms with Gasteiger partial charge in [-0.2, -0.15) is 0 Å². The first-order valence-corrected chi connectivity index (χ1v) is 9.89. The van der Waals surface area contributed by atoms with Crippen LogP contribution in [0.2, 0.25) is 0 Å². The Morgan fingerprint density at radius 3 is 2.44 bits per heavy atom. The van der Waals surface area contributed by atoms with Crippen molar-refractivity contribution in [3.8, 4) is 5.69 Å². The molecule has 0 N–H and O–H groups in total. The normalized spacial score (nSPS) is 12.1. The average Bonchev–Trinajstić information content (AvgIpc) is 3.00. The van der Waals surface area contributed by atoms with E-state index in [1.807, 2.05) is 42.5 Å². The number of benzene rings is 3. The number of aromatic nitrogens is 1. The van der Waals surface area contributed by atoms with Crippen molar-refractivity contribution in [2.24, 2.45) is 0 Å². The van der Waals surface area contributed by atoms with Crippen LogP contribution in [0.1, 0.15) is 6.92 Å². The first kappa shape index (κ1) is 21.1. The number of rotatable bonds is 4. The molecule has 6 heteroatoms. The number of carboxylic acids is 1. The Morgan fingerprint density at radius 1 is 1.04 bits per heavy atom. The predicted octanol–water partition coefficient (Wildman–Crippen LogP) is 1.78. The summed E-state index contributed by atoms with van der Waals surface area (Å²) in [6, 6.07) is 22.4. The van der Waals surface area contributed by atoms with Crippen LogP contribution in [0.3, 0.4) is 0 Å². The van der Waals surface area contributed by atoms with Crippen molar-refractivity contribution >= 4 is 55.3 Å². The van der Waals surface area contributed by atoms with E-state index in [0.717, 1.165) is 36.9 Å². The quantitative estimate of drug-likeness (QED) is 0.342. The Bertz CT molecular complexity index is 1140. The van der Waals surface area contributed by atoms with Crippen molar-refractivity contribution in [2.75, 3.05) is 0 Å². The van der Waals surface area contributed by atoms with Gasteiger partial charge in [-0.15, -0.1) is 0 Å². The Labute approximate surface area is 212 Å². The largest absolute Gasteiger partial charge is 1.00 e.